The highest BCUT2D eigenvalue weighted by molar-refractivity contribution is 5.78. The number of aliphatic hydroxyl groups excluding tert-OH is 1. The minimum absolute atomic E-state index is 0.146. The van der Waals surface area contributed by atoms with Crippen molar-refractivity contribution in [3.8, 4) is 5.75 Å². The lowest BCUT2D eigenvalue weighted by molar-refractivity contribution is -0.141. The van der Waals surface area contributed by atoms with Gasteiger partial charge in [-0.25, -0.2) is 0 Å². The number of para-hydroxylation sites is 1. The Morgan fingerprint density at radius 2 is 2.23 bits per heavy atom. The third-order valence-corrected chi connectivity index (χ3v) is 2.20. The summed E-state index contributed by atoms with van der Waals surface area (Å²) in [4.78, 5) is 11.2. The van der Waals surface area contributed by atoms with Gasteiger partial charge in [0.05, 0.1) is 12.5 Å². The predicted octanol–water partition coefficient (Wildman–Crippen LogP) is 0.757. The van der Waals surface area contributed by atoms with E-state index < -0.39 is 5.92 Å². The topological polar surface area (TPSA) is 46.5 Å². The molecule has 0 aromatic heterocycles. The maximum absolute atomic E-state index is 11.2. The highest BCUT2D eigenvalue weighted by Gasteiger charge is 2.26. The second-order valence-corrected chi connectivity index (χ2v) is 3.11. The van der Waals surface area contributed by atoms with Crippen molar-refractivity contribution < 1.29 is 14.6 Å². The molecule has 0 saturated heterocycles. The Labute approximate surface area is 76.0 Å². The number of benzene rings is 1. The molecule has 1 heterocycles. The first-order valence-corrected chi connectivity index (χ1v) is 4.21. The molecule has 2 rings (SSSR count). The summed E-state index contributed by atoms with van der Waals surface area (Å²) in [5, 5.41) is 8.89. The zero-order valence-corrected chi connectivity index (χ0v) is 7.06. The van der Waals surface area contributed by atoms with Crippen LogP contribution in [0.1, 0.15) is 5.56 Å². The van der Waals surface area contributed by atoms with Crippen molar-refractivity contribution >= 4 is 5.97 Å². The van der Waals surface area contributed by atoms with Crippen molar-refractivity contribution in [1.82, 2.24) is 0 Å². The summed E-state index contributed by atoms with van der Waals surface area (Å²) >= 11 is 0. The van der Waals surface area contributed by atoms with Gasteiger partial charge in [0, 0.05) is 0 Å². The third-order valence-electron chi connectivity index (χ3n) is 2.20. The molecule has 0 bridgehead atoms. The van der Waals surface area contributed by atoms with Crippen LogP contribution >= 0.6 is 0 Å². The molecule has 1 unspecified atom stereocenters. The quantitative estimate of drug-likeness (QED) is 0.510. The molecule has 0 amide bonds. The van der Waals surface area contributed by atoms with Crippen LogP contribution < -0.4 is 4.74 Å². The predicted molar refractivity (Wildman–Crippen MR) is 46.4 cm³/mol. The molecule has 1 aliphatic heterocycles. The lowest BCUT2D eigenvalue weighted by atomic mass is 9.97. The summed E-state index contributed by atoms with van der Waals surface area (Å²) in [5.74, 6) is -0.103. The fourth-order valence-corrected chi connectivity index (χ4v) is 1.45. The van der Waals surface area contributed by atoms with Crippen molar-refractivity contribution in [1.29, 1.82) is 0 Å². The Bertz CT molecular complexity index is 333. The van der Waals surface area contributed by atoms with Gasteiger partial charge in [0.15, 0.2) is 0 Å². The van der Waals surface area contributed by atoms with Crippen LogP contribution in [0.25, 0.3) is 0 Å². The van der Waals surface area contributed by atoms with Gasteiger partial charge >= 0.3 is 5.97 Å². The molecule has 1 aliphatic rings. The van der Waals surface area contributed by atoms with Gasteiger partial charge in [0.25, 0.3) is 0 Å². The van der Waals surface area contributed by atoms with E-state index in [1.165, 1.54) is 0 Å². The molecule has 0 fully saturated rings. The Hall–Kier alpha value is -1.35. The van der Waals surface area contributed by atoms with E-state index in [4.69, 9.17) is 9.84 Å². The first-order valence-electron chi connectivity index (χ1n) is 4.21. The average molecular weight is 178 g/mol. The fraction of sp³-hybridized carbons (Fsp3) is 0.300. The highest BCUT2D eigenvalue weighted by Crippen LogP contribution is 2.27. The second-order valence-electron chi connectivity index (χ2n) is 3.11. The molecular weight excluding hydrogens is 168 g/mol. The molecule has 68 valence electrons. The molecular formula is C10H10O3. The van der Waals surface area contributed by atoms with Crippen molar-refractivity contribution in [2.45, 2.75) is 6.42 Å². The molecule has 13 heavy (non-hydrogen) atoms. The van der Waals surface area contributed by atoms with E-state index >= 15 is 0 Å². The smallest absolute Gasteiger partial charge is 0.317 e. The van der Waals surface area contributed by atoms with Crippen LogP contribution in [0.3, 0.4) is 0 Å². The third kappa shape index (κ3) is 1.42. The number of esters is 1. The van der Waals surface area contributed by atoms with Crippen molar-refractivity contribution in [2.24, 2.45) is 5.92 Å². The fourth-order valence-electron chi connectivity index (χ4n) is 1.45. The van der Waals surface area contributed by atoms with E-state index in [0.29, 0.717) is 12.2 Å². The van der Waals surface area contributed by atoms with Crippen molar-refractivity contribution in [3.05, 3.63) is 29.8 Å². The molecule has 0 spiro atoms. The van der Waals surface area contributed by atoms with Crippen molar-refractivity contribution in [2.75, 3.05) is 6.61 Å². The highest BCUT2D eigenvalue weighted by atomic mass is 16.5. The Morgan fingerprint density at radius 1 is 1.46 bits per heavy atom. The van der Waals surface area contributed by atoms with Crippen LogP contribution in [0, 0.1) is 5.92 Å². The summed E-state index contributed by atoms with van der Waals surface area (Å²) in [6.45, 7) is -0.146. The van der Waals surface area contributed by atoms with Crippen LogP contribution in [-0.4, -0.2) is 17.7 Å². The molecule has 0 aliphatic carbocycles. The van der Waals surface area contributed by atoms with E-state index in [-0.39, 0.29) is 12.6 Å². The Kier molecular flexibility index (Phi) is 2.02. The van der Waals surface area contributed by atoms with Gasteiger partial charge in [0.2, 0.25) is 0 Å². The summed E-state index contributed by atoms with van der Waals surface area (Å²) in [5.41, 5.74) is 0.987. The number of aliphatic hydroxyl groups is 1. The van der Waals surface area contributed by atoms with Gasteiger partial charge in [0.1, 0.15) is 5.75 Å². The van der Waals surface area contributed by atoms with E-state index in [1.807, 2.05) is 18.2 Å². The molecule has 1 aromatic rings. The molecule has 1 aromatic carbocycles. The summed E-state index contributed by atoms with van der Waals surface area (Å²) in [6, 6.07) is 7.39. The lowest BCUT2D eigenvalue weighted by Crippen LogP contribution is -2.30. The van der Waals surface area contributed by atoms with Crippen LogP contribution in [-0.2, 0) is 11.2 Å². The molecule has 3 heteroatoms. The van der Waals surface area contributed by atoms with Gasteiger partial charge in [-0.15, -0.1) is 0 Å². The van der Waals surface area contributed by atoms with Crippen LogP contribution in [0.4, 0.5) is 0 Å². The molecule has 1 N–H and O–H groups in total. The lowest BCUT2D eigenvalue weighted by Gasteiger charge is -2.21. The van der Waals surface area contributed by atoms with Crippen LogP contribution in [0.15, 0.2) is 24.3 Å². The number of rotatable bonds is 1. The van der Waals surface area contributed by atoms with Gasteiger partial charge in [-0.2, -0.15) is 0 Å². The number of fused-ring (bicyclic) bond motifs is 1. The zero-order chi connectivity index (χ0) is 9.26. The van der Waals surface area contributed by atoms with Gasteiger partial charge in [-0.05, 0) is 18.1 Å². The number of carbonyl (C=O) groups is 1. The van der Waals surface area contributed by atoms with E-state index in [2.05, 4.69) is 0 Å². The summed E-state index contributed by atoms with van der Waals surface area (Å²) in [6.07, 6.45) is 0.575. The van der Waals surface area contributed by atoms with E-state index in [9.17, 15) is 4.79 Å². The van der Waals surface area contributed by atoms with Crippen molar-refractivity contribution in [3.63, 3.8) is 0 Å². The molecule has 1 atom stereocenters. The van der Waals surface area contributed by atoms with Gasteiger partial charge in [-0.3, -0.25) is 4.79 Å². The first-order chi connectivity index (χ1) is 6.31. The number of hydrogen-bond donors (Lipinski definition) is 1. The summed E-state index contributed by atoms with van der Waals surface area (Å²) in [7, 11) is 0. The monoisotopic (exact) mass is 178 g/mol. The molecule has 3 nitrogen and oxygen atoms in total. The Balaban J connectivity index is 2.33. The average Bonchev–Trinajstić information content (AvgIpc) is 2.17. The standard InChI is InChI=1S/C10H10O3/c11-6-8-5-7-3-1-2-4-9(7)13-10(8)12/h1-4,8,11H,5-6H2. The Morgan fingerprint density at radius 3 is 3.00 bits per heavy atom. The number of hydrogen-bond acceptors (Lipinski definition) is 3. The first kappa shape index (κ1) is 8.26. The number of ether oxygens (including phenoxy) is 1. The van der Waals surface area contributed by atoms with Crippen LogP contribution in [0.5, 0.6) is 5.75 Å². The minimum Gasteiger partial charge on any atom is -0.426 e. The minimum atomic E-state index is -0.394. The molecule has 0 radical (unpaired) electrons. The van der Waals surface area contributed by atoms with E-state index in [1.54, 1.807) is 6.07 Å². The SMILES string of the molecule is O=C1Oc2ccccc2CC1CO. The second kappa shape index (κ2) is 3.18. The van der Waals surface area contributed by atoms with E-state index in [0.717, 1.165) is 5.56 Å². The molecule has 0 saturated carbocycles. The van der Waals surface area contributed by atoms with Gasteiger partial charge in [-0.1, -0.05) is 18.2 Å². The maximum Gasteiger partial charge on any atom is 0.317 e. The maximum atomic E-state index is 11.2. The normalized spacial score (nSPS) is 20.7. The van der Waals surface area contributed by atoms with Crippen LogP contribution in [0.2, 0.25) is 0 Å². The number of carbonyl (C=O) groups excluding carboxylic acids is 1. The largest absolute Gasteiger partial charge is 0.426 e. The zero-order valence-electron chi connectivity index (χ0n) is 7.06. The van der Waals surface area contributed by atoms with Gasteiger partial charge < -0.3 is 9.84 Å². The summed E-state index contributed by atoms with van der Waals surface area (Å²) < 4.78 is 5.04.